The summed E-state index contributed by atoms with van der Waals surface area (Å²) in [5, 5.41) is 0. The zero-order valence-corrected chi connectivity index (χ0v) is 16.9. The lowest BCUT2D eigenvalue weighted by Crippen LogP contribution is -2.41. The normalized spacial score (nSPS) is 11.2. The fraction of sp³-hybridized carbons (Fsp3) is 0.455. The second kappa shape index (κ2) is 12.7. The van der Waals surface area contributed by atoms with E-state index in [-0.39, 0.29) is 12.8 Å². The Morgan fingerprint density at radius 3 is 2.18 bits per heavy atom. The van der Waals surface area contributed by atoms with Crippen LogP contribution in [0.3, 0.4) is 0 Å². The summed E-state index contributed by atoms with van der Waals surface area (Å²) in [5.74, 6) is 4.45. The molecular formula is C22H28O6. The molecule has 1 aromatic rings. The highest BCUT2D eigenvalue weighted by molar-refractivity contribution is 6.00. The molecule has 0 aliphatic rings. The Labute approximate surface area is 166 Å². The van der Waals surface area contributed by atoms with Crippen molar-refractivity contribution < 1.29 is 28.5 Å². The molecule has 0 amide bonds. The number of esters is 2. The number of hydrogen-bond acceptors (Lipinski definition) is 6. The molecule has 0 bridgehead atoms. The van der Waals surface area contributed by atoms with Crippen LogP contribution in [0.25, 0.3) is 6.08 Å². The van der Waals surface area contributed by atoms with Gasteiger partial charge >= 0.3 is 11.9 Å². The fourth-order valence-electron chi connectivity index (χ4n) is 2.78. The van der Waals surface area contributed by atoms with E-state index in [0.29, 0.717) is 12.8 Å². The maximum Gasteiger partial charge on any atom is 0.324 e. The molecule has 6 nitrogen and oxygen atoms in total. The van der Waals surface area contributed by atoms with Crippen LogP contribution in [-0.2, 0) is 28.5 Å². The van der Waals surface area contributed by atoms with Crippen molar-refractivity contribution >= 4 is 18.0 Å². The molecule has 0 radical (unpaired) electrons. The third-order valence-electron chi connectivity index (χ3n) is 4.37. The number of methoxy groups -OCH3 is 4. The van der Waals surface area contributed by atoms with Crippen molar-refractivity contribution in [2.75, 3.05) is 28.4 Å². The third kappa shape index (κ3) is 6.84. The van der Waals surface area contributed by atoms with E-state index < -0.39 is 23.6 Å². The van der Waals surface area contributed by atoms with Gasteiger partial charge < -0.3 is 18.9 Å². The lowest BCUT2D eigenvalue weighted by molar-refractivity contribution is -0.170. The number of benzene rings is 1. The summed E-state index contributed by atoms with van der Waals surface area (Å²) in [7, 11) is 5.56. The average molecular weight is 388 g/mol. The number of carbonyl (C=O) groups excluding carboxylic acids is 2. The monoisotopic (exact) mass is 388 g/mol. The molecule has 0 saturated heterocycles. The predicted octanol–water partition coefficient (Wildman–Crippen LogP) is 3.21. The standard InChI is InChI=1S/C22H28O6/c1-25-19(26-2)15-11-17-22(20(23)27-3,21(24)28-4)16-10-6-9-14-18-12-7-5-8-13-18/h5,7-9,12-14,19H,11,15-17H2,1-4H3/b14-9+. The van der Waals surface area contributed by atoms with Gasteiger partial charge in [0.1, 0.15) is 0 Å². The molecule has 152 valence electrons. The van der Waals surface area contributed by atoms with E-state index in [1.165, 1.54) is 28.4 Å². The van der Waals surface area contributed by atoms with Crippen molar-refractivity contribution in [1.82, 2.24) is 0 Å². The number of ether oxygens (including phenoxy) is 4. The van der Waals surface area contributed by atoms with Crippen LogP contribution in [0.1, 0.15) is 31.2 Å². The Kier molecular flexibility index (Phi) is 10.6. The SMILES string of the molecule is COC(=O)C(CC#C/C=C/c1ccccc1)(CCCC(OC)OC)C(=O)OC. The van der Waals surface area contributed by atoms with E-state index >= 15 is 0 Å². The van der Waals surface area contributed by atoms with Gasteiger partial charge in [-0.3, -0.25) is 9.59 Å². The topological polar surface area (TPSA) is 71.1 Å². The van der Waals surface area contributed by atoms with Crippen molar-refractivity contribution in [2.45, 2.75) is 32.0 Å². The van der Waals surface area contributed by atoms with Crippen LogP contribution in [0.4, 0.5) is 0 Å². The molecule has 6 heteroatoms. The maximum absolute atomic E-state index is 12.5. The van der Waals surface area contributed by atoms with Gasteiger partial charge in [-0.05, 0) is 37.0 Å². The van der Waals surface area contributed by atoms with E-state index in [2.05, 4.69) is 11.8 Å². The van der Waals surface area contributed by atoms with Crippen LogP contribution < -0.4 is 0 Å². The number of allylic oxidation sites excluding steroid dienone is 1. The van der Waals surface area contributed by atoms with E-state index in [4.69, 9.17) is 18.9 Å². The van der Waals surface area contributed by atoms with Crippen molar-refractivity contribution in [1.29, 1.82) is 0 Å². The second-order valence-electron chi connectivity index (χ2n) is 6.10. The maximum atomic E-state index is 12.5. The molecule has 0 N–H and O–H groups in total. The Bertz CT molecular complexity index is 679. The van der Waals surface area contributed by atoms with Gasteiger partial charge in [0.25, 0.3) is 0 Å². The molecule has 0 spiro atoms. The zero-order valence-electron chi connectivity index (χ0n) is 16.9. The first-order chi connectivity index (χ1) is 13.5. The van der Waals surface area contributed by atoms with E-state index in [1.807, 2.05) is 36.4 Å². The summed E-state index contributed by atoms with van der Waals surface area (Å²) < 4.78 is 20.1. The second-order valence-corrected chi connectivity index (χ2v) is 6.10. The highest BCUT2D eigenvalue weighted by Gasteiger charge is 2.47. The highest BCUT2D eigenvalue weighted by atomic mass is 16.7. The smallest absolute Gasteiger partial charge is 0.324 e. The Morgan fingerprint density at radius 2 is 1.64 bits per heavy atom. The number of carbonyl (C=O) groups is 2. The molecule has 1 aromatic carbocycles. The van der Waals surface area contributed by atoms with E-state index in [1.54, 1.807) is 6.08 Å². The van der Waals surface area contributed by atoms with E-state index in [0.717, 1.165) is 5.56 Å². The van der Waals surface area contributed by atoms with Gasteiger partial charge in [0.15, 0.2) is 11.7 Å². The summed E-state index contributed by atoms with van der Waals surface area (Å²) in [6.45, 7) is 0. The van der Waals surface area contributed by atoms with Crippen molar-refractivity contribution in [3.63, 3.8) is 0 Å². The van der Waals surface area contributed by atoms with Gasteiger partial charge in [-0.2, -0.15) is 0 Å². The zero-order chi connectivity index (χ0) is 20.8. The van der Waals surface area contributed by atoms with Gasteiger partial charge in [0.05, 0.1) is 14.2 Å². The quantitative estimate of drug-likeness (QED) is 0.265. The molecular weight excluding hydrogens is 360 g/mol. The molecule has 1 rings (SSSR count). The number of hydrogen-bond donors (Lipinski definition) is 0. The first-order valence-corrected chi connectivity index (χ1v) is 8.96. The first kappa shape index (κ1) is 23.4. The molecule has 0 saturated carbocycles. The fourth-order valence-corrected chi connectivity index (χ4v) is 2.78. The summed E-state index contributed by atoms with van der Waals surface area (Å²) in [4.78, 5) is 24.9. The number of rotatable bonds is 10. The molecule has 0 aliphatic carbocycles. The average Bonchev–Trinajstić information content (AvgIpc) is 2.74. The summed E-state index contributed by atoms with van der Waals surface area (Å²) in [6.07, 6.45) is 4.35. The summed E-state index contributed by atoms with van der Waals surface area (Å²) >= 11 is 0. The molecule has 0 aromatic heterocycles. The molecule has 0 aliphatic heterocycles. The summed E-state index contributed by atoms with van der Waals surface area (Å²) in [6, 6.07) is 9.70. The largest absolute Gasteiger partial charge is 0.468 e. The van der Waals surface area contributed by atoms with E-state index in [9.17, 15) is 9.59 Å². The summed E-state index contributed by atoms with van der Waals surface area (Å²) in [5.41, 5.74) is -0.475. The van der Waals surface area contributed by atoms with Crippen LogP contribution in [0.15, 0.2) is 36.4 Å². The van der Waals surface area contributed by atoms with Crippen LogP contribution in [0, 0.1) is 17.3 Å². The van der Waals surface area contributed by atoms with Crippen LogP contribution in [-0.4, -0.2) is 46.7 Å². The van der Waals surface area contributed by atoms with Crippen LogP contribution in [0.5, 0.6) is 0 Å². The third-order valence-corrected chi connectivity index (χ3v) is 4.37. The predicted molar refractivity (Wildman–Crippen MR) is 106 cm³/mol. The first-order valence-electron chi connectivity index (χ1n) is 8.96. The molecule has 0 unspecified atom stereocenters. The minimum Gasteiger partial charge on any atom is -0.468 e. The van der Waals surface area contributed by atoms with Gasteiger partial charge in [-0.1, -0.05) is 42.2 Å². The van der Waals surface area contributed by atoms with Crippen LogP contribution >= 0.6 is 0 Å². The molecule has 0 atom stereocenters. The lowest BCUT2D eigenvalue weighted by atomic mass is 9.79. The minimum atomic E-state index is -1.48. The molecule has 28 heavy (non-hydrogen) atoms. The molecule has 0 heterocycles. The lowest BCUT2D eigenvalue weighted by Gasteiger charge is -2.26. The highest BCUT2D eigenvalue weighted by Crippen LogP contribution is 2.32. The molecule has 0 fully saturated rings. The van der Waals surface area contributed by atoms with Crippen molar-refractivity contribution in [2.24, 2.45) is 5.41 Å². The van der Waals surface area contributed by atoms with Crippen LogP contribution in [0.2, 0.25) is 0 Å². The Balaban J connectivity index is 2.93. The Hall–Kier alpha value is -2.62. The van der Waals surface area contributed by atoms with Crippen molar-refractivity contribution in [3.8, 4) is 11.8 Å². The Morgan fingerprint density at radius 1 is 1.04 bits per heavy atom. The van der Waals surface area contributed by atoms with Gasteiger partial charge in [0.2, 0.25) is 0 Å². The minimum absolute atomic E-state index is 0.00386. The van der Waals surface area contributed by atoms with Crippen molar-refractivity contribution in [3.05, 3.63) is 42.0 Å². The van der Waals surface area contributed by atoms with Gasteiger partial charge in [0, 0.05) is 20.6 Å². The van der Waals surface area contributed by atoms with Gasteiger partial charge in [-0.25, -0.2) is 0 Å². The van der Waals surface area contributed by atoms with Gasteiger partial charge in [-0.15, -0.1) is 0 Å².